The largest absolute Gasteiger partial charge is 0.351 e. The number of hydrogen-bond donors (Lipinski definition) is 2. The van der Waals surface area contributed by atoms with Crippen LogP contribution in [-0.2, 0) is 16.1 Å². The number of hydrogen-bond acceptors (Lipinski definition) is 3. The van der Waals surface area contributed by atoms with E-state index in [9.17, 15) is 9.59 Å². The molecule has 1 heterocycles. The Labute approximate surface area is 157 Å². The molecule has 6 heteroatoms. The van der Waals surface area contributed by atoms with Crippen molar-refractivity contribution in [1.82, 2.24) is 14.9 Å². The third-order valence-electron chi connectivity index (χ3n) is 4.14. The van der Waals surface area contributed by atoms with Gasteiger partial charge in [0.15, 0.2) is 0 Å². The minimum atomic E-state index is -0.150. The number of imidazole rings is 1. The van der Waals surface area contributed by atoms with Crippen molar-refractivity contribution in [1.29, 1.82) is 0 Å². The summed E-state index contributed by atoms with van der Waals surface area (Å²) >= 11 is 0. The van der Waals surface area contributed by atoms with Crippen molar-refractivity contribution in [3.05, 3.63) is 66.0 Å². The lowest BCUT2D eigenvalue weighted by molar-refractivity contribution is -0.116. The van der Waals surface area contributed by atoms with E-state index < -0.39 is 0 Å². The van der Waals surface area contributed by atoms with Gasteiger partial charge in [-0.1, -0.05) is 24.3 Å². The number of amides is 2. The summed E-state index contributed by atoms with van der Waals surface area (Å²) in [5, 5.41) is 5.59. The Morgan fingerprint density at radius 2 is 1.85 bits per heavy atom. The SMILES string of the molecule is CC(=O)Nc1ccc(/C=C/C(=O)NCCn2c(C)nc3ccccc32)cc1. The molecule has 0 aliphatic rings. The van der Waals surface area contributed by atoms with Gasteiger partial charge >= 0.3 is 0 Å². The molecule has 2 N–H and O–H groups in total. The molecule has 0 unspecified atom stereocenters. The van der Waals surface area contributed by atoms with E-state index in [4.69, 9.17) is 0 Å². The average Bonchev–Trinajstić information content (AvgIpc) is 2.96. The molecule has 2 amide bonds. The van der Waals surface area contributed by atoms with Gasteiger partial charge in [0.05, 0.1) is 11.0 Å². The summed E-state index contributed by atoms with van der Waals surface area (Å²) in [6.45, 7) is 4.61. The summed E-state index contributed by atoms with van der Waals surface area (Å²) in [6, 6.07) is 15.2. The number of aromatic nitrogens is 2. The third kappa shape index (κ3) is 4.82. The van der Waals surface area contributed by atoms with E-state index in [2.05, 4.69) is 20.2 Å². The Hall–Kier alpha value is -3.41. The molecule has 2 aromatic carbocycles. The summed E-state index contributed by atoms with van der Waals surface area (Å²) in [6.07, 6.45) is 3.25. The number of para-hydroxylation sites is 2. The maximum absolute atomic E-state index is 12.0. The highest BCUT2D eigenvalue weighted by atomic mass is 16.2. The minimum absolute atomic E-state index is 0.112. The van der Waals surface area contributed by atoms with Gasteiger partial charge in [-0.15, -0.1) is 0 Å². The molecule has 0 spiro atoms. The van der Waals surface area contributed by atoms with Gasteiger partial charge in [0, 0.05) is 31.8 Å². The van der Waals surface area contributed by atoms with Gasteiger partial charge in [-0.05, 0) is 42.8 Å². The normalized spacial score (nSPS) is 11.0. The number of carbonyl (C=O) groups is 2. The first-order chi connectivity index (χ1) is 13.0. The van der Waals surface area contributed by atoms with Crippen LogP contribution in [0.25, 0.3) is 17.1 Å². The summed E-state index contributed by atoms with van der Waals surface area (Å²) in [5.41, 5.74) is 3.64. The van der Waals surface area contributed by atoms with Crippen molar-refractivity contribution in [2.45, 2.75) is 20.4 Å². The second kappa shape index (κ2) is 8.31. The van der Waals surface area contributed by atoms with E-state index in [1.807, 2.05) is 43.3 Å². The molecule has 0 atom stereocenters. The number of aryl methyl sites for hydroxylation is 1. The van der Waals surface area contributed by atoms with Crippen molar-refractivity contribution >= 4 is 34.6 Å². The molecular weight excluding hydrogens is 340 g/mol. The molecule has 1 aromatic heterocycles. The molecule has 0 saturated carbocycles. The topological polar surface area (TPSA) is 76.0 Å². The highest BCUT2D eigenvalue weighted by molar-refractivity contribution is 5.92. The van der Waals surface area contributed by atoms with Crippen LogP contribution in [0.15, 0.2) is 54.6 Å². The Bertz CT molecular complexity index is 987. The average molecular weight is 362 g/mol. The van der Waals surface area contributed by atoms with Crippen molar-refractivity contribution in [2.24, 2.45) is 0 Å². The number of nitrogens with one attached hydrogen (secondary N) is 2. The predicted octanol–water partition coefficient (Wildman–Crippen LogP) is 3.13. The molecule has 0 radical (unpaired) electrons. The van der Waals surface area contributed by atoms with Gasteiger partial charge in [0.1, 0.15) is 5.82 Å². The van der Waals surface area contributed by atoms with Gasteiger partial charge in [0.25, 0.3) is 0 Å². The van der Waals surface area contributed by atoms with Crippen molar-refractivity contribution < 1.29 is 9.59 Å². The fourth-order valence-electron chi connectivity index (χ4n) is 2.88. The van der Waals surface area contributed by atoms with Crippen molar-refractivity contribution in [2.75, 3.05) is 11.9 Å². The Balaban J connectivity index is 1.52. The second-order valence-corrected chi connectivity index (χ2v) is 6.23. The number of fused-ring (bicyclic) bond motifs is 1. The summed E-state index contributed by atoms with van der Waals surface area (Å²) in [5.74, 6) is 0.668. The molecular formula is C21H22N4O2. The standard InChI is InChI=1S/C21H22N4O2/c1-15-23-19-5-3-4-6-20(19)25(15)14-13-22-21(27)12-9-17-7-10-18(11-8-17)24-16(2)26/h3-12H,13-14H2,1-2H3,(H,22,27)(H,24,26)/b12-9+. The number of nitrogens with zero attached hydrogens (tertiary/aromatic N) is 2. The van der Waals surface area contributed by atoms with Crippen LogP contribution >= 0.6 is 0 Å². The first-order valence-electron chi connectivity index (χ1n) is 8.78. The van der Waals surface area contributed by atoms with Crippen molar-refractivity contribution in [3.63, 3.8) is 0 Å². The van der Waals surface area contributed by atoms with Crippen LogP contribution in [-0.4, -0.2) is 27.9 Å². The van der Waals surface area contributed by atoms with Crippen LogP contribution in [0.5, 0.6) is 0 Å². The van der Waals surface area contributed by atoms with Gasteiger partial charge in [-0.2, -0.15) is 0 Å². The van der Waals surface area contributed by atoms with Crippen molar-refractivity contribution in [3.8, 4) is 0 Å². The molecule has 0 aliphatic heterocycles. The fourth-order valence-corrected chi connectivity index (χ4v) is 2.88. The Morgan fingerprint density at radius 1 is 1.11 bits per heavy atom. The van der Waals surface area contributed by atoms with E-state index >= 15 is 0 Å². The lowest BCUT2D eigenvalue weighted by atomic mass is 10.2. The van der Waals surface area contributed by atoms with Gasteiger partial charge < -0.3 is 15.2 Å². The summed E-state index contributed by atoms with van der Waals surface area (Å²) < 4.78 is 2.10. The summed E-state index contributed by atoms with van der Waals surface area (Å²) in [4.78, 5) is 27.6. The first-order valence-corrected chi connectivity index (χ1v) is 8.78. The van der Waals surface area contributed by atoms with E-state index in [1.54, 1.807) is 18.2 Å². The van der Waals surface area contributed by atoms with E-state index in [0.29, 0.717) is 13.1 Å². The van der Waals surface area contributed by atoms with E-state index in [0.717, 1.165) is 28.1 Å². The number of benzene rings is 2. The minimum Gasteiger partial charge on any atom is -0.351 e. The molecule has 0 bridgehead atoms. The molecule has 27 heavy (non-hydrogen) atoms. The summed E-state index contributed by atoms with van der Waals surface area (Å²) in [7, 11) is 0. The number of anilines is 1. The predicted molar refractivity (Wildman–Crippen MR) is 107 cm³/mol. The first kappa shape index (κ1) is 18.4. The van der Waals surface area contributed by atoms with Crippen LogP contribution in [0.3, 0.4) is 0 Å². The highest BCUT2D eigenvalue weighted by Crippen LogP contribution is 2.15. The van der Waals surface area contributed by atoms with E-state index in [-0.39, 0.29) is 11.8 Å². The molecule has 6 nitrogen and oxygen atoms in total. The maximum atomic E-state index is 12.0. The van der Waals surface area contributed by atoms with Crippen LogP contribution in [0.2, 0.25) is 0 Å². The van der Waals surface area contributed by atoms with Crippen LogP contribution in [0, 0.1) is 6.92 Å². The Kier molecular flexibility index (Phi) is 5.66. The van der Waals surface area contributed by atoms with Crippen LogP contribution in [0.4, 0.5) is 5.69 Å². The zero-order chi connectivity index (χ0) is 19.2. The molecule has 3 rings (SSSR count). The highest BCUT2D eigenvalue weighted by Gasteiger charge is 2.06. The van der Waals surface area contributed by atoms with Gasteiger partial charge in [0.2, 0.25) is 11.8 Å². The molecule has 138 valence electrons. The lowest BCUT2D eigenvalue weighted by Gasteiger charge is -2.07. The van der Waals surface area contributed by atoms with Gasteiger partial charge in [-0.25, -0.2) is 4.98 Å². The molecule has 3 aromatic rings. The second-order valence-electron chi connectivity index (χ2n) is 6.23. The molecule has 0 fully saturated rings. The van der Waals surface area contributed by atoms with E-state index in [1.165, 1.54) is 13.0 Å². The maximum Gasteiger partial charge on any atom is 0.244 e. The zero-order valence-corrected chi connectivity index (χ0v) is 15.4. The quantitative estimate of drug-likeness (QED) is 0.662. The smallest absolute Gasteiger partial charge is 0.244 e. The lowest BCUT2D eigenvalue weighted by Crippen LogP contribution is -2.25. The monoisotopic (exact) mass is 362 g/mol. The molecule has 0 aliphatic carbocycles. The third-order valence-corrected chi connectivity index (χ3v) is 4.14. The Morgan fingerprint density at radius 3 is 2.59 bits per heavy atom. The fraction of sp³-hybridized carbons (Fsp3) is 0.190. The van der Waals surface area contributed by atoms with Crippen LogP contribution in [0.1, 0.15) is 18.3 Å². The molecule has 0 saturated heterocycles. The zero-order valence-electron chi connectivity index (χ0n) is 15.4. The number of carbonyl (C=O) groups excluding carboxylic acids is 2. The van der Waals surface area contributed by atoms with Crippen LogP contribution < -0.4 is 10.6 Å². The van der Waals surface area contributed by atoms with Gasteiger partial charge in [-0.3, -0.25) is 9.59 Å². The number of rotatable bonds is 6.